The van der Waals surface area contributed by atoms with Crippen molar-refractivity contribution in [2.75, 3.05) is 20.3 Å². The molecular weight excluding hydrogens is 260 g/mol. The van der Waals surface area contributed by atoms with Crippen LogP contribution in [0.25, 0.3) is 0 Å². The molecule has 0 radical (unpaired) electrons. The topological polar surface area (TPSA) is 76.0 Å². The zero-order valence-electron chi connectivity index (χ0n) is 11.5. The number of ether oxygens (including phenoxy) is 2. The third-order valence-electron chi connectivity index (χ3n) is 3.97. The first-order valence-electron chi connectivity index (χ1n) is 6.70. The number of carbonyl (C=O) groups is 1. The molecule has 0 aliphatic carbocycles. The van der Waals surface area contributed by atoms with Crippen molar-refractivity contribution >= 4 is 5.97 Å². The molecule has 2 rings (SSSR count). The lowest BCUT2D eigenvalue weighted by molar-refractivity contribution is -0.157. The van der Waals surface area contributed by atoms with Gasteiger partial charge in [0, 0.05) is 13.2 Å². The fourth-order valence-corrected chi connectivity index (χ4v) is 2.60. The number of hydrogen-bond acceptors (Lipinski definition) is 4. The van der Waals surface area contributed by atoms with Crippen LogP contribution in [0.3, 0.4) is 0 Å². The highest BCUT2D eigenvalue weighted by Crippen LogP contribution is 2.39. The second-order valence-electron chi connectivity index (χ2n) is 5.19. The van der Waals surface area contributed by atoms with Crippen molar-refractivity contribution in [3.63, 3.8) is 0 Å². The van der Waals surface area contributed by atoms with Gasteiger partial charge in [0.2, 0.25) is 0 Å². The lowest BCUT2D eigenvalue weighted by atomic mass is 9.75. The average Bonchev–Trinajstić information content (AvgIpc) is 2.48. The Bertz CT molecular complexity index is 465. The van der Waals surface area contributed by atoms with Crippen LogP contribution in [0, 0.1) is 5.41 Å². The van der Waals surface area contributed by atoms with E-state index in [1.165, 1.54) is 0 Å². The normalized spacial score (nSPS) is 19.3. The van der Waals surface area contributed by atoms with Crippen LogP contribution in [-0.4, -0.2) is 36.5 Å². The van der Waals surface area contributed by atoms with E-state index in [-0.39, 0.29) is 6.42 Å². The van der Waals surface area contributed by atoms with Crippen LogP contribution in [0.15, 0.2) is 24.3 Å². The van der Waals surface area contributed by atoms with Crippen molar-refractivity contribution in [2.45, 2.75) is 25.4 Å². The van der Waals surface area contributed by atoms with E-state index in [4.69, 9.17) is 9.47 Å². The Kier molecular flexibility index (Phi) is 4.62. The van der Waals surface area contributed by atoms with Gasteiger partial charge < -0.3 is 19.7 Å². The van der Waals surface area contributed by atoms with Gasteiger partial charge in [-0.3, -0.25) is 4.79 Å². The molecule has 1 unspecified atom stereocenters. The van der Waals surface area contributed by atoms with Gasteiger partial charge in [0.1, 0.15) is 5.75 Å². The summed E-state index contributed by atoms with van der Waals surface area (Å²) in [6.07, 6.45) is 0.241. The lowest BCUT2D eigenvalue weighted by Crippen LogP contribution is -2.38. The molecule has 20 heavy (non-hydrogen) atoms. The summed E-state index contributed by atoms with van der Waals surface area (Å²) < 4.78 is 10.4. The van der Waals surface area contributed by atoms with Gasteiger partial charge in [-0.05, 0) is 37.0 Å². The zero-order chi connectivity index (χ0) is 14.6. The van der Waals surface area contributed by atoms with Crippen LogP contribution >= 0.6 is 0 Å². The number of carboxylic acid groups (broad SMARTS) is 1. The molecular formula is C15H20O5. The van der Waals surface area contributed by atoms with E-state index < -0.39 is 17.5 Å². The Morgan fingerprint density at radius 3 is 2.75 bits per heavy atom. The molecule has 0 amide bonds. The first-order valence-corrected chi connectivity index (χ1v) is 6.70. The largest absolute Gasteiger partial charge is 0.497 e. The van der Waals surface area contributed by atoms with Gasteiger partial charge in [-0.25, -0.2) is 0 Å². The van der Waals surface area contributed by atoms with E-state index in [1.54, 1.807) is 31.4 Å². The molecule has 1 fully saturated rings. The predicted octanol–water partition coefficient (Wildman–Crippen LogP) is 2.00. The summed E-state index contributed by atoms with van der Waals surface area (Å²) >= 11 is 0. The summed E-state index contributed by atoms with van der Waals surface area (Å²) in [6.45, 7) is 0.855. The number of carboxylic acids is 1. The first kappa shape index (κ1) is 14.8. The molecule has 0 bridgehead atoms. The van der Waals surface area contributed by atoms with E-state index in [0.29, 0.717) is 37.4 Å². The third kappa shape index (κ3) is 3.11. The Hall–Kier alpha value is -1.59. The highest BCUT2D eigenvalue weighted by molar-refractivity contribution is 5.74. The van der Waals surface area contributed by atoms with Crippen molar-refractivity contribution in [1.29, 1.82) is 0 Å². The molecule has 2 N–H and O–H groups in total. The van der Waals surface area contributed by atoms with Crippen LogP contribution in [-0.2, 0) is 9.53 Å². The van der Waals surface area contributed by atoms with E-state index in [2.05, 4.69) is 0 Å². The number of aliphatic hydroxyl groups excluding tert-OH is 1. The molecule has 1 aromatic rings. The van der Waals surface area contributed by atoms with Crippen LogP contribution in [0.5, 0.6) is 5.75 Å². The fraction of sp³-hybridized carbons (Fsp3) is 0.533. The van der Waals surface area contributed by atoms with Gasteiger partial charge in [0.25, 0.3) is 0 Å². The number of aliphatic hydroxyl groups is 1. The molecule has 1 saturated heterocycles. The second-order valence-corrected chi connectivity index (χ2v) is 5.19. The zero-order valence-corrected chi connectivity index (χ0v) is 11.5. The third-order valence-corrected chi connectivity index (χ3v) is 3.97. The van der Waals surface area contributed by atoms with Crippen molar-refractivity contribution in [2.24, 2.45) is 5.41 Å². The Labute approximate surface area is 118 Å². The molecule has 0 saturated carbocycles. The number of aliphatic carboxylic acids is 1. The lowest BCUT2D eigenvalue weighted by Gasteiger charge is -2.34. The van der Waals surface area contributed by atoms with Crippen molar-refractivity contribution in [3.05, 3.63) is 29.8 Å². The summed E-state index contributed by atoms with van der Waals surface area (Å²) in [6, 6.07) is 7.09. The van der Waals surface area contributed by atoms with Gasteiger partial charge in [0.05, 0.1) is 18.6 Å². The molecule has 0 aromatic heterocycles. The Morgan fingerprint density at radius 2 is 2.15 bits per heavy atom. The van der Waals surface area contributed by atoms with Gasteiger partial charge in [0.15, 0.2) is 0 Å². The molecule has 0 spiro atoms. The molecule has 1 aliphatic rings. The SMILES string of the molecule is COc1cccc(C(O)CC2(C(=O)O)CCOCC2)c1. The van der Waals surface area contributed by atoms with Crippen LogP contribution < -0.4 is 4.74 Å². The summed E-state index contributed by atoms with van der Waals surface area (Å²) in [5, 5.41) is 19.8. The van der Waals surface area contributed by atoms with Gasteiger partial charge >= 0.3 is 5.97 Å². The Morgan fingerprint density at radius 1 is 1.45 bits per heavy atom. The van der Waals surface area contributed by atoms with E-state index in [9.17, 15) is 15.0 Å². The highest BCUT2D eigenvalue weighted by atomic mass is 16.5. The highest BCUT2D eigenvalue weighted by Gasteiger charge is 2.42. The first-order chi connectivity index (χ1) is 9.57. The quantitative estimate of drug-likeness (QED) is 0.862. The van der Waals surface area contributed by atoms with Crippen LogP contribution in [0.2, 0.25) is 0 Å². The second kappa shape index (κ2) is 6.24. The minimum absolute atomic E-state index is 0.193. The summed E-state index contributed by atoms with van der Waals surface area (Å²) in [5.41, 5.74) is -0.225. The van der Waals surface area contributed by atoms with Crippen LogP contribution in [0.4, 0.5) is 0 Å². The number of hydrogen-bond donors (Lipinski definition) is 2. The predicted molar refractivity (Wildman–Crippen MR) is 72.7 cm³/mol. The van der Waals surface area contributed by atoms with E-state index in [0.717, 1.165) is 0 Å². The van der Waals surface area contributed by atoms with Gasteiger partial charge in [-0.1, -0.05) is 12.1 Å². The van der Waals surface area contributed by atoms with Gasteiger partial charge in [-0.2, -0.15) is 0 Å². The number of benzene rings is 1. The van der Waals surface area contributed by atoms with Crippen molar-refractivity contribution in [1.82, 2.24) is 0 Å². The molecule has 5 nitrogen and oxygen atoms in total. The smallest absolute Gasteiger partial charge is 0.309 e. The summed E-state index contributed by atoms with van der Waals surface area (Å²) in [4.78, 5) is 11.6. The number of rotatable bonds is 5. The standard InChI is InChI=1S/C15H20O5/c1-19-12-4-2-3-11(9-12)13(16)10-15(14(17)18)5-7-20-8-6-15/h2-4,9,13,16H,5-8,10H2,1H3,(H,17,18). The molecule has 1 aliphatic heterocycles. The summed E-state index contributed by atoms with van der Waals surface area (Å²) in [7, 11) is 1.56. The number of methoxy groups -OCH3 is 1. The molecule has 110 valence electrons. The van der Waals surface area contributed by atoms with Crippen LogP contribution in [0.1, 0.15) is 30.9 Å². The molecule has 5 heteroatoms. The maximum absolute atomic E-state index is 11.6. The Balaban J connectivity index is 2.15. The maximum atomic E-state index is 11.6. The fourth-order valence-electron chi connectivity index (χ4n) is 2.60. The van der Waals surface area contributed by atoms with Crippen molar-refractivity contribution < 1.29 is 24.5 Å². The van der Waals surface area contributed by atoms with E-state index in [1.807, 2.05) is 0 Å². The molecule has 1 atom stereocenters. The monoisotopic (exact) mass is 280 g/mol. The summed E-state index contributed by atoms with van der Waals surface area (Å²) in [5.74, 6) is -0.208. The average molecular weight is 280 g/mol. The molecule has 1 heterocycles. The molecule has 1 aromatic carbocycles. The maximum Gasteiger partial charge on any atom is 0.309 e. The van der Waals surface area contributed by atoms with Gasteiger partial charge in [-0.15, -0.1) is 0 Å². The minimum Gasteiger partial charge on any atom is -0.497 e. The minimum atomic E-state index is -0.902. The van der Waals surface area contributed by atoms with Crippen molar-refractivity contribution in [3.8, 4) is 5.75 Å². The van der Waals surface area contributed by atoms with E-state index >= 15 is 0 Å².